The molecule has 1 aromatic heterocycles. The molecule has 0 aliphatic rings. The highest BCUT2D eigenvalue weighted by atomic mass is 16.5. The topological polar surface area (TPSA) is 109 Å². The van der Waals surface area contributed by atoms with Crippen LogP contribution in [0.25, 0.3) is 21.7 Å². The second-order valence-electron chi connectivity index (χ2n) is 6.22. The Kier molecular flexibility index (Phi) is 4.48. The maximum atomic E-state index is 12.6. The quantitative estimate of drug-likeness (QED) is 0.247. The van der Waals surface area contributed by atoms with Gasteiger partial charge in [-0.1, -0.05) is 42.5 Å². The van der Waals surface area contributed by atoms with E-state index in [1.165, 1.54) is 13.2 Å². The first-order valence-electron chi connectivity index (χ1n) is 8.65. The van der Waals surface area contributed by atoms with Crippen molar-refractivity contribution in [1.82, 2.24) is 0 Å². The number of methoxy groups -OCH3 is 1. The van der Waals surface area contributed by atoms with Crippen molar-refractivity contribution in [3.05, 3.63) is 82.2 Å². The third-order valence-corrected chi connectivity index (χ3v) is 4.51. The molecule has 29 heavy (non-hydrogen) atoms. The van der Waals surface area contributed by atoms with Crippen LogP contribution in [0, 0.1) is 0 Å². The van der Waals surface area contributed by atoms with E-state index in [2.05, 4.69) is 0 Å². The Balaban J connectivity index is 2.01. The number of carbonyl (C=O) groups excluding carboxylic acids is 2. The van der Waals surface area contributed by atoms with Gasteiger partial charge in [-0.2, -0.15) is 0 Å². The molecule has 7 nitrogen and oxygen atoms in total. The molecule has 7 heteroatoms. The minimum Gasteiger partial charge on any atom is -0.465 e. The number of benzene rings is 3. The largest absolute Gasteiger partial charge is 0.465 e. The van der Waals surface area contributed by atoms with Crippen LogP contribution < -0.4 is 16.1 Å². The summed E-state index contributed by atoms with van der Waals surface area (Å²) in [6.07, 6.45) is 0. The SMILES string of the molecule is COC(=O)c1c(N)c(=O)oc2c1cc(OC(=O)c1ccccc1)c1ccccc12. The van der Waals surface area contributed by atoms with Gasteiger partial charge in [-0.05, 0) is 18.2 Å². The maximum absolute atomic E-state index is 12.6. The Bertz CT molecular complexity index is 1320. The molecular formula is C22H15NO6. The summed E-state index contributed by atoms with van der Waals surface area (Å²) in [7, 11) is 1.18. The number of fused-ring (bicyclic) bond motifs is 3. The molecule has 0 amide bonds. The van der Waals surface area contributed by atoms with Gasteiger partial charge >= 0.3 is 17.6 Å². The average molecular weight is 389 g/mol. The number of hydrogen-bond donors (Lipinski definition) is 1. The Morgan fingerprint density at radius 2 is 1.55 bits per heavy atom. The molecule has 144 valence electrons. The lowest BCUT2D eigenvalue weighted by molar-refractivity contribution is 0.0603. The molecule has 4 rings (SSSR count). The molecule has 0 aliphatic carbocycles. The first-order valence-corrected chi connectivity index (χ1v) is 8.65. The predicted octanol–water partition coefficient (Wildman–Crippen LogP) is 3.53. The third kappa shape index (κ3) is 3.08. The van der Waals surface area contributed by atoms with Crippen molar-refractivity contribution >= 4 is 39.4 Å². The molecule has 0 spiro atoms. The van der Waals surface area contributed by atoms with E-state index in [9.17, 15) is 14.4 Å². The Morgan fingerprint density at radius 3 is 2.24 bits per heavy atom. The van der Waals surface area contributed by atoms with Gasteiger partial charge in [-0.25, -0.2) is 14.4 Å². The van der Waals surface area contributed by atoms with Crippen LogP contribution in [0.2, 0.25) is 0 Å². The number of nitrogen functional groups attached to an aromatic ring is 1. The van der Waals surface area contributed by atoms with Gasteiger partial charge in [0.15, 0.2) is 0 Å². The fraction of sp³-hybridized carbons (Fsp3) is 0.0455. The Labute approximate surface area is 164 Å². The van der Waals surface area contributed by atoms with E-state index in [1.54, 1.807) is 54.6 Å². The van der Waals surface area contributed by atoms with E-state index < -0.39 is 17.6 Å². The molecule has 0 fully saturated rings. The monoisotopic (exact) mass is 389 g/mol. The van der Waals surface area contributed by atoms with Crippen LogP contribution in [-0.4, -0.2) is 19.0 Å². The van der Waals surface area contributed by atoms with Gasteiger partial charge in [-0.3, -0.25) is 0 Å². The first-order chi connectivity index (χ1) is 14.0. The number of anilines is 1. The van der Waals surface area contributed by atoms with Crippen molar-refractivity contribution in [3.8, 4) is 5.75 Å². The minimum atomic E-state index is -0.850. The van der Waals surface area contributed by atoms with E-state index in [1.807, 2.05) is 0 Å². The molecule has 0 saturated heterocycles. The molecule has 2 N–H and O–H groups in total. The normalized spacial score (nSPS) is 10.8. The minimum absolute atomic E-state index is 0.137. The zero-order valence-electron chi connectivity index (χ0n) is 15.3. The van der Waals surface area contributed by atoms with Crippen LogP contribution >= 0.6 is 0 Å². The first kappa shape index (κ1) is 18.2. The van der Waals surface area contributed by atoms with E-state index in [0.29, 0.717) is 16.3 Å². The van der Waals surface area contributed by atoms with Crippen molar-refractivity contribution < 1.29 is 23.5 Å². The molecule has 0 bridgehead atoms. The number of hydrogen-bond acceptors (Lipinski definition) is 7. The van der Waals surface area contributed by atoms with E-state index >= 15 is 0 Å². The lowest BCUT2D eigenvalue weighted by Gasteiger charge is -2.13. The zero-order valence-corrected chi connectivity index (χ0v) is 15.3. The van der Waals surface area contributed by atoms with E-state index in [0.717, 1.165) is 0 Å². The summed E-state index contributed by atoms with van der Waals surface area (Å²) in [4.78, 5) is 37.1. The molecule has 4 aromatic rings. The predicted molar refractivity (Wildman–Crippen MR) is 107 cm³/mol. The van der Waals surface area contributed by atoms with Crippen molar-refractivity contribution in [2.24, 2.45) is 0 Å². The summed E-state index contributed by atoms with van der Waals surface area (Å²) in [5.74, 6) is -1.17. The molecule has 0 radical (unpaired) electrons. The maximum Gasteiger partial charge on any atom is 0.360 e. The van der Waals surface area contributed by atoms with Crippen LogP contribution in [0.5, 0.6) is 5.75 Å². The van der Waals surface area contributed by atoms with Crippen molar-refractivity contribution in [2.45, 2.75) is 0 Å². The van der Waals surface area contributed by atoms with Crippen LogP contribution in [0.15, 0.2) is 69.9 Å². The molecule has 0 unspecified atom stereocenters. The van der Waals surface area contributed by atoms with Crippen molar-refractivity contribution in [2.75, 3.05) is 12.8 Å². The highest BCUT2D eigenvalue weighted by molar-refractivity contribution is 6.16. The van der Waals surface area contributed by atoms with Gasteiger partial charge < -0.3 is 19.6 Å². The van der Waals surface area contributed by atoms with E-state index in [4.69, 9.17) is 19.6 Å². The lowest BCUT2D eigenvalue weighted by Crippen LogP contribution is -2.16. The van der Waals surface area contributed by atoms with Crippen molar-refractivity contribution in [3.63, 3.8) is 0 Å². The van der Waals surface area contributed by atoms with Crippen LogP contribution in [0.1, 0.15) is 20.7 Å². The molecule has 0 aliphatic heterocycles. The van der Waals surface area contributed by atoms with Crippen LogP contribution in [0.4, 0.5) is 5.69 Å². The molecule has 1 heterocycles. The second-order valence-corrected chi connectivity index (χ2v) is 6.22. The van der Waals surface area contributed by atoms with Gasteiger partial charge in [0, 0.05) is 16.2 Å². The van der Waals surface area contributed by atoms with Gasteiger partial charge in [0.1, 0.15) is 22.6 Å². The Morgan fingerprint density at radius 1 is 0.897 bits per heavy atom. The van der Waals surface area contributed by atoms with Crippen LogP contribution in [0.3, 0.4) is 0 Å². The summed E-state index contributed by atoms with van der Waals surface area (Å²) in [6, 6.07) is 16.8. The fourth-order valence-corrected chi connectivity index (χ4v) is 3.15. The standard InChI is InChI=1S/C22H15NO6/c1-27-21(25)17-15-11-16(28-20(24)12-7-3-2-4-8-12)13-9-5-6-10-14(13)19(15)29-22(26)18(17)23/h2-11H,23H2,1H3. The number of esters is 2. The summed E-state index contributed by atoms with van der Waals surface area (Å²) in [6.45, 7) is 0. The Hall–Kier alpha value is -4.13. The average Bonchev–Trinajstić information content (AvgIpc) is 2.75. The van der Waals surface area contributed by atoms with Gasteiger partial charge in [0.2, 0.25) is 0 Å². The third-order valence-electron chi connectivity index (χ3n) is 4.51. The zero-order chi connectivity index (χ0) is 20.5. The summed E-state index contributed by atoms with van der Waals surface area (Å²) < 4.78 is 15.7. The molecule has 3 aromatic carbocycles. The highest BCUT2D eigenvalue weighted by Crippen LogP contribution is 2.36. The van der Waals surface area contributed by atoms with Gasteiger partial charge in [-0.15, -0.1) is 0 Å². The second kappa shape index (κ2) is 7.12. The van der Waals surface area contributed by atoms with Gasteiger partial charge in [0.05, 0.1) is 12.7 Å². The summed E-state index contributed by atoms with van der Waals surface area (Å²) in [5, 5.41) is 1.24. The molecule has 0 saturated carbocycles. The van der Waals surface area contributed by atoms with Crippen LogP contribution in [-0.2, 0) is 4.74 Å². The molecule has 0 atom stereocenters. The number of carbonyl (C=O) groups is 2. The van der Waals surface area contributed by atoms with Gasteiger partial charge in [0.25, 0.3) is 0 Å². The summed E-state index contributed by atoms with van der Waals surface area (Å²) >= 11 is 0. The highest BCUT2D eigenvalue weighted by Gasteiger charge is 2.23. The molecular weight excluding hydrogens is 374 g/mol. The lowest BCUT2D eigenvalue weighted by atomic mass is 10.0. The number of ether oxygens (including phenoxy) is 2. The summed E-state index contributed by atoms with van der Waals surface area (Å²) in [5.41, 5.74) is 4.95. The fourth-order valence-electron chi connectivity index (χ4n) is 3.15. The smallest absolute Gasteiger partial charge is 0.360 e. The number of rotatable bonds is 3. The van der Waals surface area contributed by atoms with Crippen molar-refractivity contribution in [1.29, 1.82) is 0 Å². The number of nitrogens with two attached hydrogens (primary N) is 1. The van der Waals surface area contributed by atoms with E-state index in [-0.39, 0.29) is 28.0 Å².